The Morgan fingerprint density at radius 3 is 2.65 bits per heavy atom. The highest BCUT2D eigenvalue weighted by Crippen LogP contribution is 2.34. The van der Waals surface area contributed by atoms with E-state index in [1.54, 1.807) is 6.92 Å². The molecule has 0 bridgehead atoms. The van der Waals surface area contributed by atoms with E-state index in [1.165, 1.54) is 6.07 Å². The molecule has 0 radical (unpaired) electrons. The van der Waals surface area contributed by atoms with Crippen LogP contribution in [0.4, 0.5) is 11.5 Å². The minimum Gasteiger partial charge on any atom is -0.451 e. The van der Waals surface area contributed by atoms with Gasteiger partial charge < -0.3 is 20.3 Å². The molecule has 0 saturated heterocycles. The molecule has 23 heavy (non-hydrogen) atoms. The van der Waals surface area contributed by atoms with Crippen molar-refractivity contribution in [2.45, 2.75) is 6.92 Å². The average molecular weight is 380 g/mol. The highest BCUT2D eigenvalue weighted by Gasteiger charge is 2.21. The van der Waals surface area contributed by atoms with Crippen molar-refractivity contribution in [1.82, 2.24) is 10.1 Å². The number of ether oxygens (including phenoxy) is 1. The lowest BCUT2D eigenvalue weighted by atomic mass is 10.3. The van der Waals surface area contributed by atoms with Gasteiger partial charge in [0.1, 0.15) is 10.8 Å². The fourth-order valence-electron chi connectivity index (χ4n) is 1.47. The normalized spacial score (nSPS) is 10.4. The Bertz CT molecular complexity index is 778. The lowest BCUT2D eigenvalue weighted by Gasteiger charge is -2.09. The van der Waals surface area contributed by atoms with E-state index in [0.29, 0.717) is 5.76 Å². The van der Waals surface area contributed by atoms with Gasteiger partial charge in [0.05, 0.1) is 10.7 Å². The summed E-state index contributed by atoms with van der Waals surface area (Å²) in [4.78, 5) is 27.2. The lowest BCUT2D eigenvalue weighted by molar-refractivity contribution is -0.119. The van der Waals surface area contributed by atoms with Crippen molar-refractivity contribution >= 4 is 58.2 Å². The van der Waals surface area contributed by atoms with Crippen molar-refractivity contribution in [2.24, 2.45) is 0 Å². The number of carbonyl (C=O) groups is 2. The Kier molecular flexibility index (Phi) is 5.30. The van der Waals surface area contributed by atoms with E-state index >= 15 is 0 Å². The molecule has 0 unspecified atom stereocenters. The first-order valence-electron chi connectivity index (χ1n) is 6.00. The molecule has 0 spiro atoms. The van der Waals surface area contributed by atoms with Crippen LogP contribution in [-0.2, 0) is 9.53 Å². The van der Waals surface area contributed by atoms with Crippen LogP contribution in [0.25, 0.3) is 0 Å². The first kappa shape index (κ1) is 17.3. The summed E-state index contributed by atoms with van der Waals surface area (Å²) >= 11 is 17.3. The number of pyridine rings is 1. The number of amides is 1. The highest BCUT2D eigenvalue weighted by molar-refractivity contribution is 6.46. The van der Waals surface area contributed by atoms with E-state index in [1.807, 2.05) is 0 Å². The van der Waals surface area contributed by atoms with E-state index in [0.717, 1.165) is 0 Å². The number of hydrogen-bond acceptors (Lipinski definition) is 7. The molecule has 3 N–H and O–H groups in total. The molecule has 11 heteroatoms. The minimum absolute atomic E-state index is 0.0765. The Morgan fingerprint density at radius 2 is 2.04 bits per heavy atom. The van der Waals surface area contributed by atoms with Crippen LogP contribution >= 0.6 is 34.8 Å². The molecule has 2 aromatic rings. The zero-order valence-electron chi connectivity index (χ0n) is 11.5. The predicted octanol–water partition coefficient (Wildman–Crippen LogP) is 2.72. The number of nitrogens with two attached hydrogens (primary N) is 1. The van der Waals surface area contributed by atoms with Crippen molar-refractivity contribution in [3.8, 4) is 0 Å². The molecule has 0 fully saturated rings. The highest BCUT2D eigenvalue weighted by atomic mass is 35.5. The lowest BCUT2D eigenvalue weighted by Crippen LogP contribution is -2.21. The van der Waals surface area contributed by atoms with Crippen molar-refractivity contribution in [3.63, 3.8) is 0 Å². The summed E-state index contributed by atoms with van der Waals surface area (Å²) in [6.45, 7) is 1.06. The molecular formula is C12H9Cl3N4O4. The second-order valence-corrected chi connectivity index (χ2v) is 5.35. The van der Waals surface area contributed by atoms with E-state index in [2.05, 4.69) is 15.5 Å². The summed E-state index contributed by atoms with van der Waals surface area (Å²) in [5.74, 6) is -0.902. The first-order chi connectivity index (χ1) is 10.8. The second kappa shape index (κ2) is 7.03. The molecule has 0 saturated carbocycles. The van der Waals surface area contributed by atoms with Gasteiger partial charge in [0.15, 0.2) is 23.3 Å². The Labute approximate surface area is 144 Å². The van der Waals surface area contributed by atoms with E-state index in [-0.39, 0.29) is 32.4 Å². The SMILES string of the molecule is Cc1cc(NC(=O)COC(=O)c2nc(Cl)c(Cl)c(N)c2Cl)no1. The fourth-order valence-corrected chi connectivity index (χ4v) is 2.06. The van der Waals surface area contributed by atoms with Gasteiger partial charge in [-0.15, -0.1) is 0 Å². The van der Waals surface area contributed by atoms with Crippen LogP contribution in [0.15, 0.2) is 10.6 Å². The molecule has 0 aromatic carbocycles. The molecular weight excluding hydrogens is 371 g/mol. The van der Waals surface area contributed by atoms with Crippen LogP contribution in [-0.4, -0.2) is 28.6 Å². The van der Waals surface area contributed by atoms with Gasteiger partial charge in [-0.1, -0.05) is 40.0 Å². The third-order valence-corrected chi connectivity index (χ3v) is 3.63. The Morgan fingerprint density at radius 1 is 1.35 bits per heavy atom. The summed E-state index contributed by atoms with van der Waals surface area (Å²) < 4.78 is 9.56. The van der Waals surface area contributed by atoms with Crippen LogP contribution in [0.2, 0.25) is 15.2 Å². The summed E-state index contributed by atoms with van der Waals surface area (Å²) in [5.41, 5.74) is 5.14. The number of halogens is 3. The number of hydrogen-bond donors (Lipinski definition) is 2. The van der Waals surface area contributed by atoms with Crippen LogP contribution in [0.1, 0.15) is 16.2 Å². The zero-order valence-corrected chi connectivity index (χ0v) is 13.8. The number of rotatable bonds is 4. The van der Waals surface area contributed by atoms with E-state index in [9.17, 15) is 9.59 Å². The number of anilines is 2. The minimum atomic E-state index is -0.980. The smallest absolute Gasteiger partial charge is 0.359 e. The van der Waals surface area contributed by atoms with Crippen LogP contribution < -0.4 is 11.1 Å². The molecule has 122 valence electrons. The summed E-state index contributed by atoms with van der Waals surface area (Å²) in [6.07, 6.45) is 0. The summed E-state index contributed by atoms with van der Waals surface area (Å²) in [6, 6.07) is 1.50. The standard InChI is InChI=1S/C12H9Cl3N4O4/c1-4-2-5(19-23-4)17-6(20)3-22-12(21)10-7(13)9(16)8(14)11(15)18-10/h2H,3H2,1H3,(H2,16,18)(H,17,19,20). The van der Waals surface area contributed by atoms with E-state index < -0.39 is 18.5 Å². The van der Waals surface area contributed by atoms with Gasteiger partial charge in [0.2, 0.25) is 0 Å². The molecule has 0 aliphatic rings. The van der Waals surface area contributed by atoms with Gasteiger partial charge >= 0.3 is 5.97 Å². The van der Waals surface area contributed by atoms with Crippen molar-refractivity contribution in [3.05, 3.63) is 32.7 Å². The molecule has 2 rings (SSSR count). The number of aromatic nitrogens is 2. The van der Waals surface area contributed by atoms with Gasteiger partial charge in [0.25, 0.3) is 5.91 Å². The monoisotopic (exact) mass is 378 g/mol. The maximum Gasteiger partial charge on any atom is 0.359 e. The second-order valence-electron chi connectivity index (χ2n) is 4.24. The van der Waals surface area contributed by atoms with Crippen LogP contribution in [0.3, 0.4) is 0 Å². The average Bonchev–Trinajstić information content (AvgIpc) is 2.91. The van der Waals surface area contributed by atoms with Crippen molar-refractivity contribution in [2.75, 3.05) is 17.7 Å². The predicted molar refractivity (Wildman–Crippen MR) is 83.8 cm³/mol. The van der Waals surface area contributed by atoms with Crippen LogP contribution in [0, 0.1) is 6.92 Å². The molecule has 0 aliphatic carbocycles. The first-order valence-corrected chi connectivity index (χ1v) is 7.13. The molecule has 2 aromatic heterocycles. The number of nitrogen functional groups attached to an aromatic ring is 1. The third kappa shape index (κ3) is 4.04. The van der Waals surface area contributed by atoms with Gasteiger partial charge in [-0.3, -0.25) is 4.79 Å². The fraction of sp³-hybridized carbons (Fsp3) is 0.167. The largest absolute Gasteiger partial charge is 0.451 e. The summed E-state index contributed by atoms with van der Waals surface area (Å²) in [5, 5.41) is 5.44. The molecule has 1 amide bonds. The molecule has 0 atom stereocenters. The number of esters is 1. The van der Waals surface area contributed by atoms with Gasteiger partial charge in [-0.25, -0.2) is 9.78 Å². The number of nitrogens with zero attached hydrogens (tertiary/aromatic N) is 2. The Hall–Kier alpha value is -2.03. The van der Waals surface area contributed by atoms with Gasteiger partial charge in [-0.05, 0) is 6.92 Å². The maximum absolute atomic E-state index is 11.9. The van der Waals surface area contributed by atoms with Crippen molar-refractivity contribution < 1.29 is 18.8 Å². The number of aryl methyl sites for hydroxylation is 1. The quantitative estimate of drug-likeness (QED) is 0.619. The van der Waals surface area contributed by atoms with Gasteiger partial charge in [0, 0.05) is 6.07 Å². The van der Waals surface area contributed by atoms with Crippen molar-refractivity contribution in [1.29, 1.82) is 0 Å². The van der Waals surface area contributed by atoms with Crippen LogP contribution in [0.5, 0.6) is 0 Å². The molecule has 0 aliphatic heterocycles. The molecule has 8 nitrogen and oxygen atoms in total. The van der Waals surface area contributed by atoms with Gasteiger partial charge in [-0.2, -0.15) is 0 Å². The zero-order chi connectivity index (χ0) is 17.1. The number of carbonyl (C=O) groups excluding carboxylic acids is 2. The summed E-state index contributed by atoms with van der Waals surface area (Å²) in [7, 11) is 0. The molecule has 2 heterocycles. The number of nitrogens with one attached hydrogen (secondary N) is 1. The Balaban J connectivity index is 2.01. The van der Waals surface area contributed by atoms with E-state index in [4.69, 9.17) is 49.8 Å². The maximum atomic E-state index is 11.9. The third-order valence-electron chi connectivity index (χ3n) is 2.50. The topological polar surface area (TPSA) is 120 Å².